The highest BCUT2D eigenvalue weighted by molar-refractivity contribution is 7.99. The summed E-state index contributed by atoms with van der Waals surface area (Å²) in [7, 11) is 0. The Labute approximate surface area is 176 Å². The van der Waals surface area contributed by atoms with Crippen LogP contribution in [0.25, 0.3) is 0 Å². The van der Waals surface area contributed by atoms with E-state index in [1.54, 1.807) is 11.8 Å². The SMILES string of the molecule is CCNC(=NCC1(O)CCSC1)N1CCN(C(=O)Cc2cccc(Cl)c2)CC1. The Kier molecular flexibility index (Phi) is 7.48. The Hall–Kier alpha value is -1.44. The number of nitrogens with zero attached hydrogens (tertiary/aromatic N) is 3. The molecule has 2 saturated heterocycles. The maximum absolute atomic E-state index is 12.6. The average Bonchev–Trinajstić information content (AvgIpc) is 3.12. The topological polar surface area (TPSA) is 68.2 Å². The van der Waals surface area contributed by atoms with Gasteiger partial charge in [0, 0.05) is 43.5 Å². The van der Waals surface area contributed by atoms with Gasteiger partial charge in [-0.3, -0.25) is 9.79 Å². The lowest BCUT2D eigenvalue weighted by Crippen LogP contribution is -2.54. The molecule has 2 N–H and O–H groups in total. The minimum absolute atomic E-state index is 0.126. The molecule has 8 heteroatoms. The molecule has 0 aliphatic carbocycles. The highest BCUT2D eigenvalue weighted by Crippen LogP contribution is 2.28. The van der Waals surface area contributed by atoms with E-state index in [2.05, 4.69) is 15.2 Å². The van der Waals surface area contributed by atoms with E-state index in [1.165, 1.54) is 0 Å². The average molecular weight is 425 g/mol. The lowest BCUT2D eigenvalue weighted by atomic mass is 10.0. The lowest BCUT2D eigenvalue weighted by molar-refractivity contribution is -0.131. The number of hydrogen-bond acceptors (Lipinski definition) is 4. The van der Waals surface area contributed by atoms with E-state index in [-0.39, 0.29) is 5.91 Å². The van der Waals surface area contributed by atoms with E-state index in [0.717, 1.165) is 49.1 Å². The second kappa shape index (κ2) is 9.85. The summed E-state index contributed by atoms with van der Waals surface area (Å²) in [5.41, 5.74) is 0.262. The standard InChI is InChI=1S/C20H29ClN4O2S/c1-2-22-19(23-14-20(27)6-11-28-15-20)25-9-7-24(8-10-25)18(26)13-16-4-3-5-17(21)12-16/h3-5,12,27H,2,6-11,13-15H2,1H3,(H,22,23). The van der Waals surface area contributed by atoms with Crippen LogP contribution in [-0.4, -0.2) is 83.1 Å². The van der Waals surface area contributed by atoms with Crippen molar-refractivity contribution in [2.75, 3.05) is 50.8 Å². The number of halogens is 1. The molecule has 0 saturated carbocycles. The highest BCUT2D eigenvalue weighted by atomic mass is 35.5. The van der Waals surface area contributed by atoms with E-state index >= 15 is 0 Å². The first-order chi connectivity index (χ1) is 13.5. The van der Waals surface area contributed by atoms with Crippen molar-refractivity contribution in [1.82, 2.24) is 15.1 Å². The molecular weight excluding hydrogens is 396 g/mol. The number of aliphatic imine (C=N–C) groups is 1. The predicted molar refractivity (Wildman–Crippen MR) is 116 cm³/mol. The third kappa shape index (κ3) is 5.78. The van der Waals surface area contributed by atoms with Crippen LogP contribution in [0.1, 0.15) is 18.9 Å². The quantitative estimate of drug-likeness (QED) is 0.557. The molecule has 6 nitrogen and oxygen atoms in total. The monoisotopic (exact) mass is 424 g/mol. The Morgan fingerprint density at radius 1 is 1.32 bits per heavy atom. The van der Waals surface area contributed by atoms with Crippen LogP contribution in [-0.2, 0) is 11.2 Å². The Morgan fingerprint density at radius 2 is 2.07 bits per heavy atom. The number of aliphatic hydroxyl groups is 1. The van der Waals surface area contributed by atoms with Crippen LogP contribution in [0.2, 0.25) is 5.02 Å². The number of amides is 1. The van der Waals surface area contributed by atoms with Gasteiger partial charge in [-0.1, -0.05) is 23.7 Å². The van der Waals surface area contributed by atoms with Gasteiger partial charge < -0.3 is 20.2 Å². The number of benzene rings is 1. The number of piperazine rings is 1. The summed E-state index contributed by atoms with van der Waals surface area (Å²) in [5, 5.41) is 14.5. The molecule has 0 bridgehead atoms. The van der Waals surface area contributed by atoms with Crippen molar-refractivity contribution < 1.29 is 9.90 Å². The first-order valence-electron chi connectivity index (χ1n) is 9.85. The normalized spacial score (nSPS) is 23.2. The number of nitrogens with one attached hydrogen (secondary N) is 1. The zero-order valence-electron chi connectivity index (χ0n) is 16.4. The van der Waals surface area contributed by atoms with Gasteiger partial charge in [0.15, 0.2) is 5.96 Å². The van der Waals surface area contributed by atoms with Gasteiger partial charge in [0.25, 0.3) is 0 Å². The highest BCUT2D eigenvalue weighted by Gasteiger charge is 2.32. The van der Waals surface area contributed by atoms with Crippen molar-refractivity contribution in [3.8, 4) is 0 Å². The summed E-state index contributed by atoms with van der Waals surface area (Å²) in [5.74, 6) is 2.70. The van der Waals surface area contributed by atoms with Crippen LogP contribution in [0.3, 0.4) is 0 Å². The molecule has 2 heterocycles. The summed E-state index contributed by atoms with van der Waals surface area (Å²) in [6.07, 6.45) is 1.17. The maximum atomic E-state index is 12.6. The number of rotatable bonds is 5. The maximum Gasteiger partial charge on any atom is 0.227 e. The van der Waals surface area contributed by atoms with E-state index in [1.807, 2.05) is 36.1 Å². The van der Waals surface area contributed by atoms with Gasteiger partial charge in [-0.2, -0.15) is 11.8 Å². The molecular formula is C20H29ClN4O2S. The van der Waals surface area contributed by atoms with Crippen molar-refractivity contribution in [1.29, 1.82) is 0 Å². The smallest absolute Gasteiger partial charge is 0.227 e. The molecule has 154 valence electrons. The molecule has 1 amide bonds. The zero-order valence-corrected chi connectivity index (χ0v) is 17.9. The van der Waals surface area contributed by atoms with Crippen LogP contribution in [0, 0.1) is 0 Å². The van der Waals surface area contributed by atoms with Gasteiger partial charge >= 0.3 is 0 Å². The molecule has 0 aromatic heterocycles. The van der Waals surface area contributed by atoms with E-state index in [4.69, 9.17) is 11.6 Å². The minimum atomic E-state index is -0.680. The molecule has 1 atom stereocenters. The van der Waals surface area contributed by atoms with Crippen LogP contribution in [0.4, 0.5) is 0 Å². The van der Waals surface area contributed by atoms with E-state index in [0.29, 0.717) is 31.1 Å². The summed E-state index contributed by atoms with van der Waals surface area (Å²) in [6.45, 7) is 6.06. The van der Waals surface area contributed by atoms with Gasteiger partial charge in [0.2, 0.25) is 5.91 Å². The van der Waals surface area contributed by atoms with Crippen molar-refractivity contribution in [3.63, 3.8) is 0 Å². The van der Waals surface area contributed by atoms with Crippen LogP contribution in [0.5, 0.6) is 0 Å². The largest absolute Gasteiger partial charge is 0.387 e. The third-order valence-electron chi connectivity index (χ3n) is 5.12. The third-order valence-corrected chi connectivity index (χ3v) is 6.59. The molecule has 2 aliphatic heterocycles. The number of carbonyl (C=O) groups is 1. The van der Waals surface area contributed by atoms with Crippen molar-refractivity contribution >= 4 is 35.2 Å². The van der Waals surface area contributed by atoms with Crippen molar-refractivity contribution in [3.05, 3.63) is 34.9 Å². The summed E-state index contributed by atoms with van der Waals surface area (Å²) >= 11 is 7.79. The molecule has 0 radical (unpaired) electrons. The number of guanidine groups is 1. The number of carbonyl (C=O) groups excluding carboxylic acids is 1. The summed E-state index contributed by atoms with van der Waals surface area (Å²) in [6, 6.07) is 7.47. The van der Waals surface area contributed by atoms with Crippen LogP contribution in [0.15, 0.2) is 29.3 Å². The fourth-order valence-electron chi connectivity index (χ4n) is 3.47. The van der Waals surface area contributed by atoms with E-state index in [9.17, 15) is 9.90 Å². The molecule has 1 aromatic rings. The van der Waals surface area contributed by atoms with Gasteiger partial charge in [-0.15, -0.1) is 0 Å². The fraction of sp³-hybridized carbons (Fsp3) is 0.600. The first-order valence-corrected chi connectivity index (χ1v) is 11.4. The second-order valence-electron chi connectivity index (χ2n) is 7.37. The van der Waals surface area contributed by atoms with Gasteiger partial charge in [-0.05, 0) is 36.8 Å². The Morgan fingerprint density at radius 3 is 2.71 bits per heavy atom. The second-order valence-corrected chi connectivity index (χ2v) is 8.91. The Balaban J connectivity index is 1.54. The van der Waals surface area contributed by atoms with Crippen molar-refractivity contribution in [2.24, 2.45) is 4.99 Å². The predicted octanol–water partition coefficient (Wildman–Crippen LogP) is 1.86. The summed E-state index contributed by atoms with van der Waals surface area (Å²) < 4.78 is 0. The number of hydrogen-bond donors (Lipinski definition) is 2. The molecule has 0 spiro atoms. The van der Waals surface area contributed by atoms with E-state index < -0.39 is 5.60 Å². The fourth-order valence-corrected chi connectivity index (χ4v) is 4.97. The van der Waals surface area contributed by atoms with Gasteiger partial charge in [-0.25, -0.2) is 0 Å². The molecule has 28 heavy (non-hydrogen) atoms. The Bertz CT molecular complexity index is 701. The molecule has 2 aliphatic rings. The number of thioether (sulfide) groups is 1. The first kappa shape index (κ1) is 21.3. The van der Waals surface area contributed by atoms with Gasteiger partial charge in [0.05, 0.1) is 18.6 Å². The van der Waals surface area contributed by atoms with Crippen LogP contribution >= 0.6 is 23.4 Å². The molecule has 3 rings (SSSR count). The van der Waals surface area contributed by atoms with Crippen LogP contribution < -0.4 is 5.32 Å². The molecule has 1 aromatic carbocycles. The minimum Gasteiger partial charge on any atom is -0.387 e. The zero-order chi connectivity index (χ0) is 20.0. The summed E-state index contributed by atoms with van der Waals surface area (Å²) in [4.78, 5) is 21.4. The lowest BCUT2D eigenvalue weighted by Gasteiger charge is -2.37. The molecule has 2 fully saturated rings. The van der Waals surface area contributed by atoms with Gasteiger partial charge in [0.1, 0.15) is 0 Å². The van der Waals surface area contributed by atoms with Crippen molar-refractivity contribution in [2.45, 2.75) is 25.4 Å². The molecule has 1 unspecified atom stereocenters.